The predicted octanol–water partition coefficient (Wildman–Crippen LogP) is 2.79. The number of rotatable bonds is 5. The van der Waals surface area contributed by atoms with Gasteiger partial charge >= 0.3 is 0 Å². The fourth-order valence-electron chi connectivity index (χ4n) is 2.88. The number of carbonyl (C=O) groups excluding carboxylic acids is 1. The molecule has 0 bridgehead atoms. The minimum Gasteiger partial charge on any atom is -0.352 e. The molecule has 1 atom stereocenters. The van der Waals surface area contributed by atoms with Crippen molar-refractivity contribution in [2.45, 2.75) is 63.5 Å². The molecule has 1 amide bonds. The molecule has 0 saturated heterocycles. The van der Waals surface area contributed by atoms with E-state index in [0.29, 0.717) is 0 Å². The lowest BCUT2D eigenvalue weighted by Crippen LogP contribution is -2.56. The number of hydrogen-bond acceptors (Lipinski definition) is 2. The van der Waals surface area contributed by atoms with Crippen LogP contribution >= 0.6 is 0 Å². The van der Waals surface area contributed by atoms with Crippen molar-refractivity contribution in [2.24, 2.45) is 5.73 Å². The molecule has 1 aliphatic carbocycles. The number of nitrogens with two attached hydrogens (primary N) is 1. The molecule has 0 aromatic heterocycles. The van der Waals surface area contributed by atoms with E-state index in [0.717, 1.165) is 38.5 Å². The van der Waals surface area contributed by atoms with E-state index in [2.05, 4.69) is 36.5 Å². The van der Waals surface area contributed by atoms with Crippen molar-refractivity contribution in [3.63, 3.8) is 0 Å². The smallest absolute Gasteiger partial charge is 0.240 e. The average Bonchev–Trinajstić information content (AvgIpc) is 2.47. The number of benzene rings is 1. The van der Waals surface area contributed by atoms with E-state index < -0.39 is 5.54 Å². The second-order valence-corrected chi connectivity index (χ2v) is 6.12. The molecule has 3 N–H and O–H groups in total. The summed E-state index contributed by atoms with van der Waals surface area (Å²) in [6, 6.07) is 10.5. The molecule has 1 fully saturated rings. The van der Waals surface area contributed by atoms with Crippen molar-refractivity contribution in [2.75, 3.05) is 0 Å². The normalized spacial score (nSPS) is 19.3. The summed E-state index contributed by atoms with van der Waals surface area (Å²) in [6.45, 7) is 2.06. The minimum absolute atomic E-state index is 0.0396. The van der Waals surface area contributed by atoms with Gasteiger partial charge in [-0.3, -0.25) is 4.79 Å². The van der Waals surface area contributed by atoms with E-state index in [1.54, 1.807) is 0 Å². The van der Waals surface area contributed by atoms with Gasteiger partial charge in [0.25, 0.3) is 0 Å². The van der Waals surface area contributed by atoms with Gasteiger partial charge in [-0.2, -0.15) is 0 Å². The van der Waals surface area contributed by atoms with Crippen LogP contribution in [0.5, 0.6) is 0 Å². The first-order valence-electron chi connectivity index (χ1n) is 7.74. The molecule has 0 radical (unpaired) electrons. The highest BCUT2D eigenvalue weighted by Gasteiger charge is 2.35. The molecule has 3 heteroatoms. The summed E-state index contributed by atoms with van der Waals surface area (Å²) >= 11 is 0. The van der Waals surface area contributed by atoms with Crippen LogP contribution in [0, 0.1) is 0 Å². The van der Waals surface area contributed by atoms with E-state index in [1.165, 1.54) is 12.0 Å². The largest absolute Gasteiger partial charge is 0.352 e. The van der Waals surface area contributed by atoms with Gasteiger partial charge in [-0.05, 0) is 38.2 Å². The topological polar surface area (TPSA) is 55.1 Å². The van der Waals surface area contributed by atoms with Gasteiger partial charge in [-0.25, -0.2) is 0 Å². The molecule has 0 heterocycles. The minimum atomic E-state index is -0.626. The Kier molecular flexibility index (Phi) is 5.18. The Balaban J connectivity index is 1.79. The van der Waals surface area contributed by atoms with Gasteiger partial charge in [-0.15, -0.1) is 0 Å². The summed E-state index contributed by atoms with van der Waals surface area (Å²) in [5.41, 5.74) is 6.93. The molecule has 0 spiro atoms. The monoisotopic (exact) mass is 274 g/mol. The second-order valence-electron chi connectivity index (χ2n) is 6.12. The van der Waals surface area contributed by atoms with E-state index in [-0.39, 0.29) is 11.9 Å². The highest BCUT2D eigenvalue weighted by Crippen LogP contribution is 2.26. The van der Waals surface area contributed by atoms with Crippen LogP contribution in [0.1, 0.15) is 51.0 Å². The lowest BCUT2D eigenvalue weighted by molar-refractivity contribution is -0.128. The summed E-state index contributed by atoms with van der Waals surface area (Å²) in [5, 5.41) is 3.10. The van der Waals surface area contributed by atoms with Crippen molar-refractivity contribution in [3.05, 3.63) is 35.9 Å². The zero-order chi connectivity index (χ0) is 14.4. The Morgan fingerprint density at radius 3 is 2.55 bits per heavy atom. The first-order chi connectivity index (χ1) is 9.60. The lowest BCUT2D eigenvalue weighted by atomic mass is 9.81. The van der Waals surface area contributed by atoms with Crippen molar-refractivity contribution >= 4 is 5.91 Å². The van der Waals surface area contributed by atoms with E-state index in [9.17, 15) is 4.79 Å². The molecule has 1 aromatic carbocycles. The highest BCUT2D eigenvalue weighted by molar-refractivity contribution is 5.86. The summed E-state index contributed by atoms with van der Waals surface area (Å²) in [4.78, 5) is 12.3. The predicted molar refractivity (Wildman–Crippen MR) is 82.4 cm³/mol. The third-order valence-corrected chi connectivity index (χ3v) is 4.28. The molecule has 1 aromatic rings. The maximum Gasteiger partial charge on any atom is 0.240 e. The summed E-state index contributed by atoms with van der Waals surface area (Å²) in [7, 11) is 0. The van der Waals surface area contributed by atoms with Crippen LogP contribution in [0.4, 0.5) is 0 Å². The van der Waals surface area contributed by atoms with Gasteiger partial charge in [0, 0.05) is 6.04 Å². The summed E-state index contributed by atoms with van der Waals surface area (Å²) in [6.07, 6.45) is 6.93. The average molecular weight is 274 g/mol. The first kappa shape index (κ1) is 15.0. The first-order valence-corrected chi connectivity index (χ1v) is 7.74. The number of amides is 1. The van der Waals surface area contributed by atoms with Crippen LogP contribution in [0.25, 0.3) is 0 Å². The number of hydrogen-bond donors (Lipinski definition) is 2. The van der Waals surface area contributed by atoms with E-state index >= 15 is 0 Å². The molecule has 20 heavy (non-hydrogen) atoms. The molecule has 1 unspecified atom stereocenters. The second kappa shape index (κ2) is 6.89. The summed E-state index contributed by atoms with van der Waals surface area (Å²) in [5.74, 6) is 0.0396. The van der Waals surface area contributed by atoms with Crippen LogP contribution in [0.15, 0.2) is 30.3 Å². The van der Waals surface area contributed by atoms with Crippen molar-refractivity contribution < 1.29 is 4.79 Å². The van der Waals surface area contributed by atoms with E-state index in [1.807, 2.05) is 6.07 Å². The van der Waals surface area contributed by atoms with Gasteiger partial charge in [0.2, 0.25) is 5.91 Å². The standard InChI is InChI=1S/C17H26N2O/c1-14(10-11-15-8-4-2-5-9-15)19-16(20)17(18)12-6-3-7-13-17/h2,4-5,8-9,14H,3,6-7,10-13,18H2,1H3,(H,19,20). The Morgan fingerprint density at radius 1 is 1.25 bits per heavy atom. The number of nitrogens with one attached hydrogen (secondary N) is 1. The van der Waals surface area contributed by atoms with Crippen molar-refractivity contribution in [1.29, 1.82) is 0 Å². The maximum atomic E-state index is 12.3. The van der Waals surface area contributed by atoms with Gasteiger partial charge in [0.15, 0.2) is 0 Å². The van der Waals surface area contributed by atoms with Gasteiger partial charge in [0.1, 0.15) is 0 Å². The Hall–Kier alpha value is -1.35. The SMILES string of the molecule is CC(CCc1ccccc1)NC(=O)C1(N)CCCCC1. The molecule has 2 rings (SSSR count). The van der Waals surface area contributed by atoms with Crippen LogP contribution in [-0.4, -0.2) is 17.5 Å². The van der Waals surface area contributed by atoms with E-state index in [4.69, 9.17) is 5.73 Å². The van der Waals surface area contributed by atoms with Crippen LogP contribution in [0.2, 0.25) is 0 Å². The summed E-state index contributed by atoms with van der Waals surface area (Å²) < 4.78 is 0. The fraction of sp³-hybridized carbons (Fsp3) is 0.588. The van der Waals surface area contributed by atoms with Crippen LogP contribution in [0.3, 0.4) is 0 Å². The number of carbonyl (C=O) groups is 1. The van der Waals surface area contributed by atoms with Gasteiger partial charge < -0.3 is 11.1 Å². The molecular formula is C17H26N2O. The Bertz CT molecular complexity index is 424. The highest BCUT2D eigenvalue weighted by atomic mass is 16.2. The molecule has 1 aliphatic rings. The zero-order valence-electron chi connectivity index (χ0n) is 12.4. The van der Waals surface area contributed by atoms with Gasteiger partial charge in [-0.1, -0.05) is 49.6 Å². The fourth-order valence-corrected chi connectivity index (χ4v) is 2.88. The third kappa shape index (κ3) is 4.07. The Morgan fingerprint density at radius 2 is 1.90 bits per heavy atom. The van der Waals surface area contributed by atoms with Gasteiger partial charge in [0.05, 0.1) is 5.54 Å². The molecule has 0 aliphatic heterocycles. The van der Waals surface area contributed by atoms with Crippen molar-refractivity contribution in [1.82, 2.24) is 5.32 Å². The van der Waals surface area contributed by atoms with Crippen LogP contribution in [-0.2, 0) is 11.2 Å². The third-order valence-electron chi connectivity index (χ3n) is 4.28. The Labute approximate surface area is 121 Å². The van der Waals surface area contributed by atoms with Crippen LogP contribution < -0.4 is 11.1 Å². The lowest BCUT2D eigenvalue weighted by Gasteiger charge is -2.33. The molecular weight excluding hydrogens is 248 g/mol. The van der Waals surface area contributed by atoms with Crippen molar-refractivity contribution in [3.8, 4) is 0 Å². The maximum absolute atomic E-state index is 12.3. The quantitative estimate of drug-likeness (QED) is 0.867. The molecule has 1 saturated carbocycles. The number of aryl methyl sites for hydroxylation is 1. The molecule has 3 nitrogen and oxygen atoms in total. The molecule has 110 valence electrons. The zero-order valence-corrected chi connectivity index (χ0v) is 12.4.